The molecule has 0 radical (unpaired) electrons. The molecular weight excluding hydrogens is 214 g/mol. The van der Waals surface area contributed by atoms with Crippen LogP contribution < -0.4 is 0 Å². The van der Waals surface area contributed by atoms with Crippen LogP contribution in [0.4, 0.5) is 0 Å². The van der Waals surface area contributed by atoms with Gasteiger partial charge in [-0.15, -0.1) is 0 Å². The monoisotopic (exact) mass is 231 g/mol. The number of rotatable bonds is 6. The summed E-state index contributed by atoms with van der Waals surface area (Å²) < 4.78 is 2.17. The minimum atomic E-state index is 0.266. The molecule has 3 heteroatoms. The van der Waals surface area contributed by atoms with Crippen molar-refractivity contribution in [2.75, 3.05) is 6.61 Å². The summed E-state index contributed by atoms with van der Waals surface area (Å²) in [6.07, 6.45) is 5.87. The van der Waals surface area contributed by atoms with Gasteiger partial charge < -0.3 is 9.67 Å². The molecule has 1 aromatic carbocycles. The van der Waals surface area contributed by atoms with E-state index in [-0.39, 0.29) is 6.61 Å². The van der Waals surface area contributed by atoms with Gasteiger partial charge in [-0.3, -0.25) is 4.79 Å². The zero-order chi connectivity index (χ0) is 12.1. The van der Waals surface area contributed by atoms with Gasteiger partial charge >= 0.3 is 0 Å². The molecule has 17 heavy (non-hydrogen) atoms. The first-order chi connectivity index (χ1) is 8.35. The number of aryl methyl sites for hydroxylation is 1. The molecule has 0 amide bonds. The van der Waals surface area contributed by atoms with Gasteiger partial charge in [0.05, 0.1) is 0 Å². The van der Waals surface area contributed by atoms with Crippen molar-refractivity contribution in [3.05, 3.63) is 36.0 Å². The minimum absolute atomic E-state index is 0.266. The van der Waals surface area contributed by atoms with E-state index in [2.05, 4.69) is 16.8 Å². The highest BCUT2D eigenvalue weighted by atomic mass is 16.2. The summed E-state index contributed by atoms with van der Waals surface area (Å²) in [6, 6.07) is 7.80. The second-order valence-electron chi connectivity index (χ2n) is 4.23. The van der Waals surface area contributed by atoms with Gasteiger partial charge in [0.1, 0.15) is 6.29 Å². The zero-order valence-corrected chi connectivity index (χ0v) is 9.80. The van der Waals surface area contributed by atoms with Crippen molar-refractivity contribution in [1.82, 2.24) is 4.57 Å². The first-order valence-electron chi connectivity index (χ1n) is 6.00. The Morgan fingerprint density at radius 1 is 1.18 bits per heavy atom. The number of aliphatic hydroxyl groups is 1. The number of hydrogen-bond acceptors (Lipinski definition) is 2. The van der Waals surface area contributed by atoms with Gasteiger partial charge in [-0.1, -0.05) is 12.1 Å². The van der Waals surface area contributed by atoms with E-state index in [4.69, 9.17) is 5.11 Å². The molecule has 0 bridgehead atoms. The number of aldehydes is 1. The fraction of sp³-hybridized carbons (Fsp3) is 0.357. The molecular formula is C14H17NO2. The molecule has 0 saturated heterocycles. The third-order valence-electron chi connectivity index (χ3n) is 2.99. The topological polar surface area (TPSA) is 42.2 Å². The van der Waals surface area contributed by atoms with Gasteiger partial charge in [0, 0.05) is 30.4 Å². The Balaban J connectivity index is 2.13. The Hall–Kier alpha value is -1.61. The molecule has 3 nitrogen and oxygen atoms in total. The summed E-state index contributed by atoms with van der Waals surface area (Å²) in [6.45, 7) is 1.20. The van der Waals surface area contributed by atoms with Crippen molar-refractivity contribution < 1.29 is 9.90 Å². The summed E-state index contributed by atoms with van der Waals surface area (Å²) in [7, 11) is 0. The third kappa shape index (κ3) is 2.74. The maximum atomic E-state index is 10.7. The predicted molar refractivity (Wildman–Crippen MR) is 68.3 cm³/mol. The zero-order valence-electron chi connectivity index (χ0n) is 9.80. The lowest BCUT2D eigenvalue weighted by atomic mass is 10.2. The van der Waals surface area contributed by atoms with Gasteiger partial charge in [-0.25, -0.2) is 0 Å². The van der Waals surface area contributed by atoms with Crippen LogP contribution in [0.1, 0.15) is 29.6 Å². The molecule has 0 aliphatic rings. The normalized spacial score (nSPS) is 10.9. The smallest absolute Gasteiger partial charge is 0.150 e. The number of aliphatic hydroxyl groups excluding tert-OH is 1. The summed E-state index contributed by atoms with van der Waals surface area (Å²) in [5.74, 6) is 0. The predicted octanol–water partition coefficient (Wildman–Crippen LogP) is 2.62. The van der Waals surface area contributed by atoms with Crippen LogP contribution in [0.2, 0.25) is 0 Å². The Kier molecular flexibility index (Phi) is 3.94. The fourth-order valence-electron chi connectivity index (χ4n) is 2.04. The molecule has 0 aliphatic heterocycles. The van der Waals surface area contributed by atoms with Crippen molar-refractivity contribution in [2.24, 2.45) is 0 Å². The Morgan fingerprint density at radius 2 is 2.06 bits per heavy atom. The van der Waals surface area contributed by atoms with Crippen molar-refractivity contribution >= 4 is 17.2 Å². The highest BCUT2D eigenvalue weighted by Crippen LogP contribution is 2.17. The van der Waals surface area contributed by atoms with E-state index in [0.717, 1.165) is 43.0 Å². The second-order valence-corrected chi connectivity index (χ2v) is 4.23. The van der Waals surface area contributed by atoms with Crippen LogP contribution in [0.25, 0.3) is 10.9 Å². The van der Waals surface area contributed by atoms with Crippen LogP contribution in [-0.2, 0) is 6.54 Å². The summed E-state index contributed by atoms with van der Waals surface area (Å²) in [5.41, 5.74) is 1.83. The number of nitrogens with zero attached hydrogens (tertiary/aromatic N) is 1. The molecule has 1 N–H and O–H groups in total. The molecule has 0 saturated carbocycles. The SMILES string of the molecule is O=Cc1ccc2ccn(CCCCCO)c2c1. The van der Waals surface area contributed by atoms with Crippen molar-refractivity contribution in [2.45, 2.75) is 25.8 Å². The molecule has 0 aliphatic carbocycles. The molecule has 2 rings (SSSR count). The van der Waals surface area contributed by atoms with Crippen LogP contribution in [0.15, 0.2) is 30.5 Å². The number of fused-ring (bicyclic) bond motifs is 1. The fourth-order valence-corrected chi connectivity index (χ4v) is 2.04. The molecule has 1 heterocycles. The van der Waals surface area contributed by atoms with E-state index in [1.807, 2.05) is 18.2 Å². The number of hydrogen-bond donors (Lipinski definition) is 1. The minimum Gasteiger partial charge on any atom is -0.396 e. The lowest BCUT2D eigenvalue weighted by molar-refractivity contribution is 0.112. The number of benzene rings is 1. The molecule has 0 spiro atoms. The van der Waals surface area contributed by atoms with E-state index in [0.29, 0.717) is 5.56 Å². The van der Waals surface area contributed by atoms with Gasteiger partial charge in [-0.2, -0.15) is 0 Å². The first kappa shape index (κ1) is 11.9. The van der Waals surface area contributed by atoms with Crippen LogP contribution in [0.5, 0.6) is 0 Å². The summed E-state index contributed by atoms with van der Waals surface area (Å²) in [4.78, 5) is 10.7. The quantitative estimate of drug-likeness (QED) is 0.613. The van der Waals surface area contributed by atoms with Gasteiger partial charge in [0.25, 0.3) is 0 Å². The second kappa shape index (κ2) is 5.64. The van der Waals surface area contributed by atoms with Gasteiger partial charge in [0.15, 0.2) is 0 Å². The molecule has 1 aromatic heterocycles. The van der Waals surface area contributed by atoms with E-state index in [9.17, 15) is 4.79 Å². The molecule has 0 atom stereocenters. The van der Waals surface area contributed by atoms with E-state index in [1.54, 1.807) is 0 Å². The Morgan fingerprint density at radius 3 is 2.82 bits per heavy atom. The van der Waals surface area contributed by atoms with Crippen LogP contribution >= 0.6 is 0 Å². The average Bonchev–Trinajstić information content (AvgIpc) is 2.77. The van der Waals surface area contributed by atoms with Crippen LogP contribution in [0.3, 0.4) is 0 Å². The van der Waals surface area contributed by atoms with Crippen molar-refractivity contribution in [1.29, 1.82) is 0 Å². The number of carbonyl (C=O) groups excluding carboxylic acids is 1. The third-order valence-corrected chi connectivity index (χ3v) is 2.99. The largest absolute Gasteiger partial charge is 0.396 e. The lowest BCUT2D eigenvalue weighted by Gasteiger charge is -2.05. The highest BCUT2D eigenvalue weighted by Gasteiger charge is 2.01. The molecule has 0 unspecified atom stereocenters. The Labute approximate surface area is 101 Å². The maximum Gasteiger partial charge on any atom is 0.150 e. The van der Waals surface area contributed by atoms with E-state index in [1.165, 1.54) is 0 Å². The number of unbranched alkanes of at least 4 members (excludes halogenated alkanes) is 2. The first-order valence-corrected chi connectivity index (χ1v) is 6.00. The van der Waals surface area contributed by atoms with Gasteiger partial charge in [0.2, 0.25) is 0 Å². The lowest BCUT2D eigenvalue weighted by Crippen LogP contribution is -1.97. The molecule has 90 valence electrons. The van der Waals surface area contributed by atoms with E-state index < -0.39 is 0 Å². The summed E-state index contributed by atoms with van der Waals surface area (Å²) in [5, 5.41) is 9.88. The van der Waals surface area contributed by atoms with Crippen molar-refractivity contribution in [3.8, 4) is 0 Å². The van der Waals surface area contributed by atoms with E-state index >= 15 is 0 Å². The average molecular weight is 231 g/mol. The van der Waals surface area contributed by atoms with Crippen LogP contribution in [0, 0.1) is 0 Å². The molecule has 0 fully saturated rings. The highest BCUT2D eigenvalue weighted by molar-refractivity contribution is 5.87. The van der Waals surface area contributed by atoms with Gasteiger partial charge in [-0.05, 0) is 36.8 Å². The maximum absolute atomic E-state index is 10.7. The standard InChI is InChI=1S/C14H17NO2/c16-9-3-1-2-7-15-8-6-13-5-4-12(11-17)10-14(13)15/h4-6,8,10-11,16H,1-3,7,9H2. The summed E-state index contributed by atoms with van der Waals surface area (Å²) >= 11 is 0. The molecule has 2 aromatic rings. The van der Waals surface area contributed by atoms with Crippen LogP contribution in [-0.4, -0.2) is 22.6 Å². The van der Waals surface area contributed by atoms with Crippen molar-refractivity contribution in [3.63, 3.8) is 0 Å². The number of carbonyl (C=O) groups is 1. The Bertz CT molecular complexity index is 502. The number of aromatic nitrogens is 1.